The van der Waals surface area contributed by atoms with E-state index in [1.807, 2.05) is 61.7 Å². The zero-order valence-corrected chi connectivity index (χ0v) is 15.6. The Morgan fingerprint density at radius 1 is 1.00 bits per heavy atom. The maximum Gasteiger partial charge on any atom is 0.282 e. The molecule has 0 radical (unpaired) electrons. The van der Waals surface area contributed by atoms with Gasteiger partial charge >= 0.3 is 0 Å². The summed E-state index contributed by atoms with van der Waals surface area (Å²) in [6, 6.07) is 17.1. The van der Waals surface area contributed by atoms with Gasteiger partial charge in [-0.3, -0.25) is 4.79 Å². The molecule has 0 aliphatic carbocycles. The molecule has 0 N–H and O–H groups in total. The van der Waals surface area contributed by atoms with E-state index in [4.69, 9.17) is 4.52 Å². The van der Waals surface area contributed by atoms with Gasteiger partial charge in [0.25, 0.3) is 5.89 Å². The summed E-state index contributed by atoms with van der Waals surface area (Å²) in [5.74, 6) is 0.523. The monoisotopic (exact) mass is 376 g/mol. The number of nitrogens with zero attached hydrogens (tertiary/aromatic N) is 4. The predicted molar refractivity (Wildman–Crippen MR) is 105 cm³/mol. The van der Waals surface area contributed by atoms with Crippen LogP contribution in [0.1, 0.15) is 5.56 Å². The van der Waals surface area contributed by atoms with Crippen molar-refractivity contribution in [3.63, 3.8) is 0 Å². The third kappa shape index (κ3) is 3.54. The fraction of sp³-hybridized carbons (Fsp3) is 0.100. The van der Waals surface area contributed by atoms with E-state index in [9.17, 15) is 4.79 Å². The number of hydrogen-bond donors (Lipinski definition) is 0. The molecule has 2 aromatic heterocycles. The molecule has 0 atom stereocenters. The van der Waals surface area contributed by atoms with Crippen molar-refractivity contribution in [2.24, 2.45) is 0 Å². The standard InChI is InChI=1S/C20H16N4O2S/c1-13-3-7-15(8-4-13)24-12-11-17(25)18(22-24)20-21-19(23-26-20)14-5-9-16(27-2)10-6-14/h3-12H,1-2H3. The molecule has 4 aromatic rings. The maximum absolute atomic E-state index is 12.3. The first-order chi connectivity index (χ1) is 13.1. The van der Waals surface area contributed by atoms with Crippen LogP contribution in [0.4, 0.5) is 0 Å². The molecule has 134 valence electrons. The second-order valence-electron chi connectivity index (χ2n) is 5.96. The minimum Gasteiger partial charge on any atom is -0.332 e. The number of benzene rings is 2. The van der Waals surface area contributed by atoms with Crippen molar-refractivity contribution in [1.29, 1.82) is 0 Å². The lowest BCUT2D eigenvalue weighted by Crippen LogP contribution is -2.12. The van der Waals surface area contributed by atoms with Crippen molar-refractivity contribution in [1.82, 2.24) is 19.9 Å². The number of rotatable bonds is 4. The average molecular weight is 376 g/mol. The van der Waals surface area contributed by atoms with Crippen LogP contribution >= 0.6 is 11.8 Å². The highest BCUT2D eigenvalue weighted by molar-refractivity contribution is 7.98. The van der Waals surface area contributed by atoms with Crippen LogP contribution in [-0.4, -0.2) is 26.2 Å². The van der Waals surface area contributed by atoms with Crippen molar-refractivity contribution < 1.29 is 4.52 Å². The lowest BCUT2D eigenvalue weighted by molar-refractivity contribution is 0.429. The van der Waals surface area contributed by atoms with Gasteiger partial charge in [-0.1, -0.05) is 22.9 Å². The van der Waals surface area contributed by atoms with Crippen LogP contribution in [0.15, 0.2) is 75.0 Å². The van der Waals surface area contributed by atoms with Crippen molar-refractivity contribution in [2.45, 2.75) is 11.8 Å². The molecule has 0 bridgehead atoms. The highest BCUT2D eigenvalue weighted by Gasteiger charge is 2.16. The minimum absolute atomic E-state index is 0.102. The van der Waals surface area contributed by atoms with Gasteiger partial charge in [0.1, 0.15) is 0 Å². The van der Waals surface area contributed by atoms with Crippen LogP contribution in [-0.2, 0) is 0 Å². The zero-order chi connectivity index (χ0) is 18.8. The molecule has 2 aromatic carbocycles. The molecule has 4 rings (SSSR count). The lowest BCUT2D eigenvalue weighted by atomic mass is 10.2. The Hall–Kier alpha value is -3.19. The second-order valence-corrected chi connectivity index (χ2v) is 6.84. The first-order valence-electron chi connectivity index (χ1n) is 8.29. The minimum atomic E-state index is -0.272. The smallest absolute Gasteiger partial charge is 0.282 e. The normalized spacial score (nSPS) is 10.9. The van der Waals surface area contributed by atoms with E-state index < -0.39 is 0 Å². The van der Waals surface area contributed by atoms with Gasteiger partial charge in [-0.25, -0.2) is 4.68 Å². The Morgan fingerprint density at radius 3 is 2.44 bits per heavy atom. The highest BCUT2D eigenvalue weighted by atomic mass is 32.2. The van der Waals surface area contributed by atoms with Gasteiger partial charge in [0.2, 0.25) is 11.3 Å². The molecule has 2 heterocycles. The summed E-state index contributed by atoms with van der Waals surface area (Å²) < 4.78 is 6.93. The summed E-state index contributed by atoms with van der Waals surface area (Å²) >= 11 is 1.66. The van der Waals surface area contributed by atoms with Crippen molar-refractivity contribution in [3.05, 3.63) is 76.6 Å². The molecule has 0 amide bonds. The first-order valence-corrected chi connectivity index (χ1v) is 9.52. The molecule has 7 heteroatoms. The van der Waals surface area contributed by atoms with E-state index in [2.05, 4.69) is 15.2 Å². The van der Waals surface area contributed by atoms with Gasteiger partial charge in [-0.2, -0.15) is 10.1 Å². The van der Waals surface area contributed by atoms with E-state index in [1.54, 1.807) is 22.6 Å². The van der Waals surface area contributed by atoms with E-state index in [0.29, 0.717) is 5.82 Å². The molecule has 0 saturated carbocycles. The van der Waals surface area contributed by atoms with E-state index in [-0.39, 0.29) is 17.0 Å². The molecule has 0 fully saturated rings. The van der Waals surface area contributed by atoms with E-state index in [0.717, 1.165) is 21.7 Å². The summed E-state index contributed by atoms with van der Waals surface area (Å²) in [6.45, 7) is 2.01. The van der Waals surface area contributed by atoms with Crippen LogP contribution in [0.2, 0.25) is 0 Å². The summed E-state index contributed by atoms with van der Waals surface area (Å²) in [7, 11) is 0. The van der Waals surface area contributed by atoms with Crippen LogP contribution in [0.25, 0.3) is 28.7 Å². The number of thioether (sulfide) groups is 1. The highest BCUT2D eigenvalue weighted by Crippen LogP contribution is 2.22. The Balaban J connectivity index is 1.71. The molecule has 0 aliphatic heterocycles. The third-order valence-electron chi connectivity index (χ3n) is 4.08. The molecule has 0 saturated heterocycles. The van der Waals surface area contributed by atoms with Crippen LogP contribution < -0.4 is 5.43 Å². The quantitative estimate of drug-likeness (QED) is 0.502. The van der Waals surface area contributed by atoms with Gasteiger partial charge in [-0.15, -0.1) is 11.8 Å². The van der Waals surface area contributed by atoms with Crippen LogP contribution in [0.3, 0.4) is 0 Å². The second kappa shape index (κ2) is 7.20. The average Bonchev–Trinajstić information content (AvgIpc) is 3.19. The van der Waals surface area contributed by atoms with Crippen molar-refractivity contribution in [2.75, 3.05) is 6.26 Å². The molecule has 0 unspecified atom stereocenters. The Kier molecular flexibility index (Phi) is 4.60. The first kappa shape index (κ1) is 17.2. The van der Waals surface area contributed by atoms with Gasteiger partial charge in [0.15, 0.2) is 5.69 Å². The fourth-order valence-electron chi connectivity index (χ4n) is 2.57. The van der Waals surface area contributed by atoms with Gasteiger partial charge in [-0.05, 0) is 49.6 Å². The summed E-state index contributed by atoms with van der Waals surface area (Å²) in [5.41, 5.74) is 2.66. The SMILES string of the molecule is CSc1ccc(-c2noc(-c3nn(-c4ccc(C)cc4)ccc3=O)n2)cc1. The third-order valence-corrected chi connectivity index (χ3v) is 4.83. The predicted octanol–water partition coefficient (Wildman–Crippen LogP) is 3.98. The number of hydrogen-bond acceptors (Lipinski definition) is 6. The van der Waals surface area contributed by atoms with Crippen molar-refractivity contribution >= 4 is 11.8 Å². The summed E-state index contributed by atoms with van der Waals surface area (Å²) in [5, 5.41) is 8.37. The van der Waals surface area contributed by atoms with Gasteiger partial charge in [0.05, 0.1) is 5.69 Å². The molecule has 6 nitrogen and oxygen atoms in total. The van der Waals surface area contributed by atoms with Crippen LogP contribution in [0.5, 0.6) is 0 Å². The Morgan fingerprint density at radius 2 is 1.74 bits per heavy atom. The summed E-state index contributed by atoms with van der Waals surface area (Å²) in [6.07, 6.45) is 3.64. The molecule has 0 aliphatic rings. The van der Waals surface area contributed by atoms with Gasteiger partial charge < -0.3 is 4.52 Å². The molecular weight excluding hydrogens is 360 g/mol. The topological polar surface area (TPSA) is 73.8 Å². The lowest BCUT2D eigenvalue weighted by Gasteiger charge is -2.05. The molecular formula is C20H16N4O2S. The van der Waals surface area contributed by atoms with Crippen molar-refractivity contribution in [3.8, 4) is 28.7 Å². The van der Waals surface area contributed by atoms with E-state index in [1.165, 1.54) is 6.07 Å². The zero-order valence-electron chi connectivity index (χ0n) is 14.8. The number of aryl methyl sites for hydroxylation is 1. The molecule has 0 spiro atoms. The number of aromatic nitrogens is 4. The van der Waals surface area contributed by atoms with Gasteiger partial charge in [0, 0.05) is 22.7 Å². The van der Waals surface area contributed by atoms with Crippen LogP contribution in [0, 0.1) is 6.92 Å². The fourth-order valence-corrected chi connectivity index (χ4v) is 2.98. The Bertz CT molecular complexity index is 1130. The largest absolute Gasteiger partial charge is 0.332 e. The summed E-state index contributed by atoms with van der Waals surface area (Å²) in [4.78, 5) is 17.8. The Labute approximate surface area is 159 Å². The van der Waals surface area contributed by atoms with E-state index >= 15 is 0 Å². The maximum atomic E-state index is 12.3. The molecule has 27 heavy (non-hydrogen) atoms.